The van der Waals surface area contributed by atoms with E-state index in [4.69, 9.17) is 4.42 Å². The standard InChI is InChI=1S/C13H17N3O/c1-10(12-6-4-3-5-7-12)8-14-9-13-16-15-11(2)17-13/h3-7,10,14H,8-9H2,1-2H3. The van der Waals surface area contributed by atoms with Gasteiger partial charge in [-0.15, -0.1) is 10.2 Å². The van der Waals surface area contributed by atoms with E-state index in [0.717, 1.165) is 6.54 Å². The van der Waals surface area contributed by atoms with Crippen LogP contribution in [0.1, 0.15) is 30.2 Å². The summed E-state index contributed by atoms with van der Waals surface area (Å²) in [5.41, 5.74) is 1.33. The quantitative estimate of drug-likeness (QED) is 0.857. The van der Waals surface area contributed by atoms with Crippen LogP contribution in [0.2, 0.25) is 0 Å². The van der Waals surface area contributed by atoms with E-state index in [9.17, 15) is 0 Å². The second kappa shape index (κ2) is 5.59. The van der Waals surface area contributed by atoms with Gasteiger partial charge in [-0.25, -0.2) is 0 Å². The number of hydrogen-bond donors (Lipinski definition) is 1. The summed E-state index contributed by atoms with van der Waals surface area (Å²) in [6.07, 6.45) is 0. The second-order valence-corrected chi connectivity index (χ2v) is 4.16. The number of hydrogen-bond acceptors (Lipinski definition) is 4. The molecule has 0 fully saturated rings. The summed E-state index contributed by atoms with van der Waals surface area (Å²) < 4.78 is 5.29. The normalized spacial score (nSPS) is 12.6. The van der Waals surface area contributed by atoms with Crippen molar-refractivity contribution in [1.29, 1.82) is 0 Å². The highest BCUT2D eigenvalue weighted by Gasteiger charge is 2.06. The van der Waals surface area contributed by atoms with Crippen molar-refractivity contribution in [2.45, 2.75) is 26.3 Å². The van der Waals surface area contributed by atoms with Crippen molar-refractivity contribution in [2.75, 3.05) is 6.54 Å². The molecule has 0 aliphatic carbocycles. The Balaban J connectivity index is 1.79. The molecule has 0 radical (unpaired) electrons. The molecule has 0 spiro atoms. The predicted octanol–water partition coefficient (Wildman–Crippen LogP) is 2.27. The average molecular weight is 231 g/mol. The monoisotopic (exact) mass is 231 g/mol. The molecule has 0 saturated carbocycles. The number of nitrogens with zero attached hydrogens (tertiary/aromatic N) is 2. The van der Waals surface area contributed by atoms with E-state index < -0.39 is 0 Å². The first-order chi connectivity index (χ1) is 8.25. The number of aromatic nitrogens is 2. The number of benzene rings is 1. The Labute approximate surface area is 101 Å². The molecular formula is C13H17N3O. The third-order valence-electron chi connectivity index (χ3n) is 2.66. The van der Waals surface area contributed by atoms with Gasteiger partial charge in [0.05, 0.1) is 6.54 Å². The van der Waals surface area contributed by atoms with E-state index in [-0.39, 0.29) is 0 Å². The summed E-state index contributed by atoms with van der Waals surface area (Å²) in [7, 11) is 0. The topological polar surface area (TPSA) is 51.0 Å². The van der Waals surface area contributed by atoms with Gasteiger partial charge in [-0.05, 0) is 11.5 Å². The fraction of sp³-hybridized carbons (Fsp3) is 0.385. The van der Waals surface area contributed by atoms with Crippen LogP contribution in [-0.4, -0.2) is 16.7 Å². The molecule has 1 atom stereocenters. The molecule has 17 heavy (non-hydrogen) atoms. The fourth-order valence-corrected chi connectivity index (χ4v) is 1.70. The molecule has 0 aliphatic rings. The van der Waals surface area contributed by atoms with Crippen molar-refractivity contribution >= 4 is 0 Å². The van der Waals surface area contributed by atoms with Crippen LogP contribution in [-0.2, 0) is 6.54 Å². The zero-order valence-electron chi connectivity index (χ0n) is 10.2. The molecule has 2 rings (SSSR count). The van der Waals surface area contributed by atoms with Crippen molar-refractivity contribution in [3.63, 3.8) is 0 Å². The summed E-state index contributed by atoms with van der Waals surface area (Å²) in [5, 5.41) is 11.0. The third kappa shape index (κ3) is 3.39. The van der Waals surface area contributed by atoms with Crippen LogP contribution in [0.3, 0.4) is 0 Å². The van der Waals surface area contributed by atoms with Gasteiger partial charge in [-0.2, -0.15) is 0 Å². The Morgan fingerprint density at radius 1 is 1.24 bits per heavy atom. The molecule has 2 aromatic rings. The zero-order chi connectivity index (χ0) is 12.1. The minimum absolute atomic E-state index is 0.472. The van der Waals surface area contributed by atoms with Crippen LogP contribution >= 0.6 is 0 Å². The van der Waals surface area contributed by atoms with E-state index in [1.807, 2.05) is 6.07 Å². The fourth-order valence-electron chi connectivity index (χ4n) is 1.70. The van der Waals surface area contributed by atoms with Crippen LogP contribution in [0.4, 0.5) is 0 Å². The van der Waals surface area contributed by atoms with Gasteiger partial charge in [0.2, 0.25) is 11.8 Å². The Hall–Kier alpha value is -1.68. The highest BCUT2D eigenvalue weighted by atomic mass is 16.4. The van der Waals surface area contributed by atoms with Crippen LogP contribution < -0.4 is 5.32 Å². The van der Waals surface area contributed by atoms with Crippen molar-refractivity contribution in [1.82, 2.24) is 15.5 Å². The van der Waals surface area contributed by atoms with Gasteiger partial charge in [-0.3, -0.25) is 0 Å². The van der Waals surface area contributed by atoms with Gasteiger partial charge in [-0.1, -0.05) is 37.3 Å². The van der Waals surface area contributed by atoms with Gasteiger partial charge in [0.1, 0.15) is 0 Å². The average Bonchev–Trinajstić information content (AvgIpc) is 2.76. The molecule has 1 aromatic carbocycles. The molecule has 0 bridgehead atoms. The molecule has 1 unspecified atom stereocenters. The summed E-state index contributed by atoms with van der Waals surface area (Å²) >= 11 is 0. The number of nitrogens with one attached hydrogen (secondary N) is 1. The lowest BCUT2D eigenvalue weighted by Gasteiger charge is -2.11. The summed E-state index contributed by atoms with van der Waals surface area (Å²) in [4.78, 5) is 0. The zero-order valence-corrected chi connectivity index (χ0v) is 10.2. The van der Waals surface area contributed by atoms with E-state index in [2.05, 4.69) is 46.7 Å². The van der Waals surface area contributed by atoms with E-state index in [0.29, 0.717) is 24.2 Å². The molecular weight excluding hydrogens is 214 g/mol. The maximum Gasteiger partial charge on any atom is 0.230 e. The minimum Gasteiger partial charge on any atom is -0.424 e. The Morgan fingerprint density at radius 2 is 2.00 bits per heavy atom. The van der Waals surface area contributed by atoms with E-state index >= 15 is 0 Å². The molecule has 4 nitrogen and oxygen atoms in total. The highest BCUT2D eigenvalue weighted by molar-refractivity contribution is 5.18. The molecule has 0 saturated heterocycles. The van der Waals surface area contributed by atoms with Crippen molar-refractivity contribution < 1.29 is 4.42 Å². The largest absolute Gasteiger partial charge is 0.424 e. The maximum atomic E-state index is 5.29. The molecule has 1 heterocycles. The Morgan fingerprint density at radius 3 is 2.65 bits per heavy atom. The first kappa shape index (κ1) is 11.8. The number of aryl methyl sites for hydroxylation is 1. The van der Waals surface area contributed by atoms with Gasteiger partial charge in [0.25, 0.3) is 0 Å². The Bertz CT molecular complexity index is 453. The Kier molecular flexibility index (Phi) is 3.88. The highest BCUT2D eigenvalue weighted by Crippen LogP contribution is 2.13. The van der Waals surface area contributed by atoms with Crippen LogP contribution in [0.5, 0.6) is 0 Å². The molecule has 4 heteroatoms. The summed E-state index contributed by atoms with van der Waals surface area (Å²) in [6, 6.07) is 10.4. The summed E-state index contributed by atoms with van der Waals surface area (Å²) in [6.45, 7) is 5.51. The van der Waals surface area contributed by atoms with Crippen LogP contribution in [0, 0.1) is 6.92 Å². The number of rotatable bonds is 5. The second-order valence-electron chi connectivity index (χ2n) is 4.16. The van der Waals surface area contributed by atoms with Crippen LogP contribution in [0.15, 0.2) is 34.7 Å². The van der Waals surface area contributed by atoms with Crippen molar-refractivity contribution in [2.24, 2.45) is 0 Å². The molecule has 0 aliphatic heterocycles. The van der Waals surface area contributed by atoms with Gasteiger partial charge in [0, 0.05) is 13.5 Å². The van der Waals surface area contributed by atoms with Crippen molar-refractivity contribution in [3.05, 3.63) is 47.7 Å². The summed E-state index contributed by atoms with van der Waals surface area (Å²) in [5.74, 6) is 1.72. The molecule has 1 N–H and O–H groups in total. The SMILES string of the molecule is Cc1nnc(CNCC(C)c2ccccc2)o1. The van der Waals surface area contributed by atoms with E-state index in [1.165, 1.54) is 5.56 Å². The lowest BCUT2D eigenvalue weighted by Crippen LogP contribution is -2.19. The third-order valence-corrected chi connectivity index (χ3v) is 2.66. The van der Waals surface area contributed by atoms with Crippen LogP contribution in [0.25, 0.3) is 0 Å². The van der Waals surface area contributed by atoms with Gasteiger partial charge in [0.15, 0.2) is 0 Å². The smallest absolute Gasteiger partial charge is 0.230 e. The van der Waals surface area contributed by atoms with Gasteiger partial charge < -0.3 is 9.73 Å². The molecule has 90 valence electrons. The molecule has 0 amide bonds. The van der Waals surface area contributed by atoms with E-state index in [1.54, 1.807) is 6.92 Å². The maximum absolute atomic E-state index is 5.29. The van der Waals surface area contributed by atoms with Gasteiger partial charge >= 0.3 is 0 Å². The van der Waals surface area contributed by atoms with Crippen molar-refractivity contribution in [3.8, 4) is 0 Å². The first-order valence-corrected chi connectivity index (χ1v) is 5.80. The first-order valence-electron chi connectivity index (χ1n) is 5.80. The minimum atomic E-state index is 0.472. The lowest BCUT2D eigenvalue weighted by molar-refractivity contribution is 0.443. The lowest BCUT2D eigenvalue weighted by atomic mass is 10.0. The molecule has 1 aromatic heterocycles. The predicted molar refractivity (Wildman–Crippen MR) is 65.6 cm³/mol.